The minimum Gasteiger partial charge on any atom is -0.358 e. The third-order valence-electron chi connectivity index (χ3n) is 1.09. The van der Waals surface area contributed by atoms with Gasteiger partial charge in [0.05, 0.1) is 11.1 Å². The van der Waals surface area contributed by atoms with E-state index in [2.05, 4.69) is 15.5 Å². The fourth-order valence-corrected chi connectivity index (χ4v) is 0.617. The Balaban J connectivity index is 3.31. The molecule has 0 aliphatic carbocycles. The number of hydrogen-bond acceptors (Lipinski definition) is 5. The molecule has 0 aliphatic heterocycles. The van der Waals surface area contributed by atoms with Crippen molar-refractivity contribution in [2.45, 2.75) is 0 Å². The van der Waals surface area contributed by atoms with Gasteiger partial charge in [0, 0.05) is 0 Å². The molecule has 1 rings (SSSR count). The predicted molar refractivity (Wildman–Crippen MR) is 40.1 cm³/mol. The van der Waals surface area contributed by atoms with Crippen LogP contribution in [0.2, 0.25) is 0 Å². The van der Waals surface area contributed by atoms with Gasteiger partial charge in [-0.05, 0) is 4.92 Å². The van der Waals surface area contributed by atoms with E-state index in [-0.39, 0.29) is 4.57 Å². The van der Waals surface area contributed by atoms with Crippen LogP contribution in [0, 0.1) is 10.1 Å². The molecule has 2 N–H and O–H groups in total. The van der Waals surface area contributed by atoms with Gasteiger partial charge in [-0.15, -0.1) is 0 Å². The lowest BCUT2D eigenvalue weighted by atomic mass is 10.7. The van der Waals surface area contributed by atoms with Crippen LogP contribution in [0.3, 0.4) is 0 Å². The monoisotopic (exact) mass is 189 g/mol. The van der Waals surface area contributed by atoms with Crippen molar-refractivity contribution in [3.8, 4) is 6.01 Å². The lowest BCUT2D eigenvalue weighted by molar-refractivity contribution is -0.391. The molecule has 0 radical (unpaired) electrons. The second kappa shape index (κ2) is 3.09. The molecule has 1 heterocycles. The van der Waals surface area contributed by atoms with E-state index in [9.17, 15) is 14.9 Å². The van der Waals surface area contributed by atoms with Gasteiger partial charge in [-0.3, -0.25) is 0 Å². The van der Waals surface area contributed by atoms with Crippen molar-refractivity contribution in [2.75, 3.05) is 0 Å². The first kappa shape index (κ1) is 5.51. The van der Waals surface area contributed by atoms with E-state index >= 15 is 0 Å². The zero-order chi connectivity index (χ0) is 12.5. The number of carbonyl (C=O) groups excluding carboxylic acids is 1. The number of primary amides is 1. The largest absolute Gasteiger partial charge is 0.413 e. The molecule has 13 heavy (non-hydrogen) atoms. The van der Waals surface area contributed by atoms with E-state index in [1.165, 1.54) is 0 Å². The smallest absolute Gasteiger partial charge is 0.358 e. The van der Waals surface area contributed by atoms with E-state index in [1.54, 1.807) is 0 Å². The fraction of sp³-hybridized carbons (Fsp3) is 0.200. The third kappa shape index (κ3) is 1.72. The van der Waals surface area contributed by atoms with Crippen molar-refractivity contribution >= 4 is 11.9 Å². The summed E-state index contributed by atoms with van der Waals surface area (Å²) in [5.41, 5.74) is 4.65. The molecular weight excluding hydrogens is 180 g/mol. The van der Waals surface area contributed by atoms with Crippen LogP contribution in [0.15, 0.2) is 6.20 Å². The van der Waals surface area contributed by atoms with Gasteiger partial charge in [0.25, 0.3) is 0 Å². The van der Waals surface area contributed by atoms with Crippen LogP contribution in [0.1, 0.15) is 4.11 Å². The molecule has 0 bridgehead atoms. The Kier molecular flexibility index (Phi) is 1.31. The lowest BCUT2D eigenvalue weighted by Crippen LogP contribution is -2.18. The van der Waals surface area contributed by atoms with Crippen LogP contribution in [0.4, 0.5) is 10.6 Å². The zero-order valence-corrected chi connectivity index (χ0v) is 6.13. The maximum Gasteiger partial charge on any atom is 0.413 e. The average Bonchev–Trinajstić information content (AvgIpc) is 2.45. The Morgan fingerprint density at radius 3 is 3.15 bits per heavy atom. The Hall–Kier alpha value is -2.12. The van der Waals surface area contributed by atoms with Gasteiger partial charge in [0.2, 0.25) is 0 Å². The molecule has 0 aromatic carbocycles. The SMILES string of the molecule is [2H]C([2H])([2H])n1c([N+](=O)[O-])cnc1OC(N)=O. The number of amides is 1. The number of ether oxygens (including phenoxy) is 1. The summed E-state index contributed by atoms with van der Waals surface area (Å²) in [5, 5.41) is 10.5. The summed E-state index contributed by atoms with van der Waals surface area (Å²) in [4.78, 5) is 23.2. The summed E-state index contributed by atoms with van der Waals surface area (Å²) < 4.78 is 25.5. The highest BCUT2D eigenvalue weighted by atomic mass is 16.6. The summed E-state index contributed by atoms with van der Waals surface area (Å²) in [5.74, 6) is -0.823. The van der Waals surface area contributed by atoms with Crippen LogP contribution >= 0.6 is 0 Å². The Bertz CT molecular complexity index is 439. The van der Waals surface area contributed by atoms with Crippen LogP contribution in [-0.2, 0) is 6.98 Å². The minimum atomic E-state index is -2.90. The first-order valence-electron chi connectivity index (χ1n) is 4.43. The quantitative estimate of drug-likeness (QED) is 0.510. The normalized spacial score (nSPS) is 14.0. The summed E-state index contributed by atoms with van der Waals surface area (Å²) >= 11 is 0. The highest BCUT2D eigenvalue weighted by Gasteiger charge is 2.18. The van der Waals surface area contributed by atoms with E-state index in [4.69, 9.17) is 4.11 Å². The van der Waals surface area contributed by atoms with Crippen molar-refractivity contribution in [2.24, 2.45) is 12.7 Å². The zero-order valence-electron chi connectivity index (χ0n) is 9.13. The van der Waals surface area contributed by atoms with Gasteiger partial charge in [0.1, 0.15) is 6.20 Å². The highest BCUT2D eigenvalue weighted by molar-refractivity contribution is 5.67. The summed E-state index contributed by atoms with van der Waals surface area (Å²) in [6.45, 7) is -2.90. The Labute approximate surface area is 76.3 Å². The minimum absolute atomic E-state index is 0.192. The fourth-order valence-electron chi connectivity index (χ4n) is 0.617. The van der Waals surface area contributed by atoms with Crippen molar-refractivity contribution in [1.29, 1.82) is 0 Å². The number of aromatic nitrogens is 2. The summed E-state index contributed by atoms with van der Waals surface area (Å²) in [7, 11) is 0. The van der Waals surface area contributed by atoms with Gasteiger partial charge < -0.3 is 20.6 Å². The first-order chi connectivity index (χ1) is 7.23. The van der Waals surface area contributed by atoms with Gasteiger partial charge >= 0.3 is 17.9 Å². The standard InChI is InChI=1S/C5H6N4O4/c1-8-3(9(11)12)2-7-5(8)13-4(6)10/h2H,1H3,(H2,6,10)/i1D3. The van der Waals surface area contributed by atoms with Crippen molar-refractivity contribution in [3.05, 3.63) is 16.3 Å². The van der Waals surface area contributed by atoms with E-state index in [0.29, 0.717) is 6.20 Å². The number of nitro groups is 1. The lowest BCUT2D eigenvalue weighted by Gasteiger charge is -1.96. The highest BCUT2D eigenvalue weighted by Crippen LogP contribution is 2.16. The third-order valence-corrected chi connectivity index (χ3v) is 1.09. The molecule has 0 saturated heterocycles. The molecule has 0 unspecified atom stereocenters. The molecule has 1 aromatic rings. The Morgan fingerprint density at radius 2 is 2.69 bits per heavy atom. The molecular formula is C5H6N4O4. The summed E-state index contributed by atoms with van der Waals surface area (Å²) in [6, 6.07) is -0.751. The molecule has 8 nitrogen and oxygen atoms in total. The molecule has 1 amide bonds. The maximum absolute atomic E-state index is 10.5. The molecule has 0 saturated carbocycles. The van der Waals surface area contributed by atoms with E-state index in [1.807, 2.05) is 0 Å². The molecule has 0 spiro atoms. The van der Waals surface area contributed by atoms with Crippen LogP contribution in [0.5, 0.6) is 6.01 Å². The van der Waals surface area contributed by atoms with E-state index < -0.39 is 29.8 Å². The van der Waals surface area contributed by atoms with Crippen LogP contribution in [-0.4, -0.2) is 20.6 Å². The van der Waals surface area contributed by atoms with E-state index in [0.717, 1.165) is 0 Å². The van der Waals surface area contributed by atoms with Crippen LogP contribution in [0.25, 0.3) is 0 Å². The Morgan fingerprint density at radius 1 is 2.00 bits per heavy atom. The number of rotatable bonds is 2. The summed E-state index contributed by atoms with van der Waals surface area (Å²) in [6.07, 6.45) is -0.657. The molecule has 1 aromatic heterocycles. The second-order valence-electron chi connectivity index (χ2n) is 1.91. The topological polar surface area (TPSA) is 113 Å². The van der Waals surface area contributed by atoms with Crippen molar-refractivity contribution in [1.82, 2.24) is 9.55 Å². The van der Waals surface area contributed by atoms with Gasteiger partial charge in [-0.2, -0.15) is 9.55 Å². The second-order valence-corrected chi connectivity index (χ2v) is 1.91. The molecule has 70 valence electrons. The van der Waals surface area contributed by atoms with Gasteiger partial charge in [-0.25, -0.2) is 4.79 Å². The number of imidazole rings is 1. The predicted octanol–water partition coefficient (Wildman–Crippen LogP) is -0.214. The van der Waals surface area contributed by atoms with Crippen molar-refractivity contribution < 1.29 is 18.6 Å². The maximum atomic E-state index is 10.5. The molecule has 0 aliphatic rings. The average molecular weight is 189 g/mol. The van der Waals surface area contributed by atoms with Gasteiger partial charge in [-0.1, -0.05) is 0 Å². The first-order valence-corrected chi connectivity index (χ1v) is 2.93. The molecule has 0 fully saturated rings. The van der Waals surface area contributed by atoms with Gasteiger partial charge in [0.15, 0.2) is 0 Å². The number of carbonyl (C=O) groups is 1. The number of nitrogens with two attached hydrogens (primary N) is 1. The molecule has 0 atom stereocenters. The number of nitrogens with zero attached hydrogens (tertiary/aromatic N) is 3. The van der Waals surface area contributed by atoms with Crippen molar-refractivity contribution in [3.63, 3.8) is 0 Å². The van der Waals surface area contributed by atoms with Crippen LogP contribution < -0.4 is 10.5 Å². The molecule has 8 heteroatoms. The number of hydrogen-bond donors (Lipinski definition) is 1.